The van der Waals surface area contributed by atoms with E-state index in [-0.39, 0.29) is 11.7 Å². The Balaban J connectivity index is 1.77. The molecule has 2 rings (SSSR count). The summed E-state index contributed by atoms with van der Waals surface area (Å²) < 4.78 is 1.57. The maximum absolute atomic E-state index is 11.8. The van der Waals surface area contributed by atoms with Gasteiger partial charge < -0.3 is 5.32 Å². The van der Waals surface area contributed by atoms with E-state index in [9.17, 15) is 9.59 Å². The Morgan fingerprint density at radius 1 is 1.40 bits per heavy atom. The van der Waals surface area contributed by atoms with E-state index < -0.39 is 0 Å². The number of hydrogen-bond acceptors (Lipinski definition) is 7. The molecule has 106 valence electrons. The maximum Gasteiger partial charge on any atom is 0.261 e. The van der Waals surface area contributed by atoms with Crippen LogP contribution in [0.25, 0.3) is 0 Å². The lowest BCUT2D eigenvalue weighted by Crippen LogP contribution is -2.24. The number of thiophene rings is 1. The van der Waals surface area contributed by atoms with Gasteiger partial charge in [0.1, 0.15) is 0 Å². The van der Waals surface area contributed by atoms with Gasteiger partial charge in [0, 0.05) is 19.3 Å². The molecule has 0 unspecified atom stereocenters. The molecule has 2 heterocycles. The van der Waals surface area contributed by atoms with E-state index in [1.54, 1.807) is 23.9 Å². The number of amides is 1. The molecule has 0 fully saturated rings. The number of ketones is 1. The van der Waals surface area contributed by atoms with E-state index in [2.05, 4.69) is 20.8 Å². The molecule has 0 saturated heterocycles. The van der Waals surface area contributed by atoms with Gasteiger partial charge in [-0.3, -0.25) is 9.59 Å². The topological polar surface area (TPSA) is 89.8 Å². The number of aromatic nitrogens is 4. The predicted octanol–water partition coefficient (Wildman–Crippen LogP) is 0.996. The average molecular weight is 311 g/mol. The molecular weight excluding hydrogens is 298 g/mol. The number of rotatable bonds is 6. The Hall–Kier alpha value is -1.74. The van der Waals surface area contributed by atoms with Crippen LogP contribution in [0.2, 0.25) is 0 Å². The second-order valence-corrected chi connectivity index (χ2v) is 6.06. The van der Waals surface area contributed by atoms with E-state index in [1.807, 2.05) is 0 Å². The lowest BCUT2D eigenvalue weighted by molar-refractivity contribution is 0.0959. The van der Waals surface area contributed by atoms with Gasteiger partial charge in [0.2, 0.25) is 5.16 Å². The van der Waals surface area contributed by atoms with Crippen molar-refractivity contribution in [3.8, 4) is 0 Å². The van der Waals surface area contributed by atoms with Gasteiger partial charge in [-0.1, -0.05) is 11.8 Å². The van der Waals surface area contributed by atoms with Gasteiger partial charge in [-0.2, -0.15) is 0 Å². The van der Waals surface area contributed by atoms with Gasteiger partial charge in [0.25, 0.3) is 5.91 Å². The standard InChI is InChI=1S/C11H13N5O2S2/c1-7(17)8-3-4-9(20-8)10(18)12-5-6-19-11-13-14-15-16(11)2/h3-4H,5-6H2,1-2H3,(H,12,18). The lowest BCUT2D eigenvalue weighted by atomic mass is 10.3. The fourth-order valence-electron chi connectivity index (χ4n) is 1.39. The highest BCUT2D eigenvalue weighted by atomic mass is 32.2. The van der Waals surface area contributed by atoms with Crippen molar-refractivity contribution in [2.75, 3.05) is 12.3 Å². The molecule has 0 bridgehead atoms. The summed E-state index contributed by atoms with van der Waals surface area (Å²) in [5.74, 6) is 0.476. The highest BCUT2D eigenvalue weighted by molar-refractivity contribution is 7.99. The third kappa shape index (κ3) is 3.64. The molecule has 1 N–H and O–H groups in total. The van der Waals surface area contributed by atoms with Gasteiger partial charge in [-0.25, -0.2) is 4.68 Å². The number of hydrogen-bond donors (Lipinski definition) is 1. The van der Waals surface area contributed by atoms with E-state index in [4.69, 9.17) is 0 Å². The first-order valence-corrected chi connectivity index (χ1v) is 7.62. The van der Waals surface area contributed by atoms with Crippen molar-refractivity contribution < 1.29 is 9.59 Å². The molecule has 0 aromatic carbocycles. The first kappa shape index (κ1) is 14.7. The normalized spacial score (nSPS) is 10.5. The monoisotopic (exact) mass is 311 g/mol. The molecule has 7 nitrogen and oxygen atoms in total. The third-order valence-electron chi connectivity index (χ3n) is 2.38. The Labute approximate surface area is 123 Å². The number of Topliss-reactive ketones (excluding diaryl/α,β-unsaturated/α-hetero) is 1. The first-order valence-electron chi connectivity index (χ1n) is 5.82. The smallest absolute Gasteiger partial charge is 0.261 e. The molecule has 0 atom stereocenters. The summed E-state index contributed by atoms with van der Waals surface area (Å²) in [6.07, 6.45) is 0. The van der Waals surface area contributed by atoms with Crippen molar-refractivity contribution in [3.63, 3.8) is 0 Å². The fraction of sp³-hybridized carbons (Fsp3) is 0.364. The molecule has 0 aliphatic carbocycles. The maximum atomic E-state index is 11.8. The largest absolute Gasteiger partial charge is 0.350 e. The summed E-state index contributed by atoms with van der Waals surface area (Å²) in [6, 6.07) is 3.33. The summed E-state index contributed by atoms with van der Waals surface area (Å²) in [5, 5.41) is 14.6. The zero-order valence-corrected chi connectivity index (χ0v) is 12.6. The minimum Gasteiger partial charge on any atom is -0.350 e. The van der Waals surface area contributed by atoms with Crippen LogP contribution in [-0.4, -0.2) is 44.2 Å². The minimum absolute atomic E-state index is 0.0283. The molecule has 9 heteroatoms. The van der Waals surface area contributed by atoms with E-state index in [0.29, 0.717) is 27.2 Å². The van der Waals surface area contributed by atoms with Gasteiger partial charge >= 0.3 is 0 Å². The summed E-state index contributed by atoms with van der Waals surface area (Å²) in [5.41, 5.74) is 0. The number of nitrogens with one attached hydrogen (secondary N) is 1. The second kappa shape index (κ2) is 6.62. The summed E-state index contributed by atoms with van der Waals surface area (Å²) in [7, 11) is 1.76. The number of aryl methyl sites for hydroxylation is 1. The quantitative estimate of drug-likeness (QED) is 0.486. The molecule has 0 saturated carbocycles. The summed E-state index contributed by atoms with van der Waals surface area (Å²) in [4.78, 5) is 24.1. The van der Waals surface area contributed by atoms with Crippen molar-refractivity contribution in [2.24, 2.45) is 7.05 Å². The Bertz CT molecular complexity index is 622. The Morgan fingerprint density at radius 2 is 2.15 bits per heavy atom. The fourth-order valence-corrected chi connectivity index (χ4v) is 2.91. The van der Waals surface area contributed by atoms with Crippen LogP contribution in [0.15, 0.2) is 17.3 Å². The predicted molar refractivity (Wildman–Crippen MR) is 76.2 cm³/mol. The van der Waals surface area contributed by atoms with Crippen LogP contribution in [0.1, 0.15) is 26.3 Å². The molecule has 0 radical (unpaired) electrons. The average Bonchev–Trinajstić information content (AvgIpc) is 3.03. The zero-order chi connectivity index (χ0) is 14.5. The molecule has 1 amide bonds. The Kier molecular flexibility index (Phi) is 4.85. The van der Waals surface area contributed by atoms with E-state index in [1.165, 1.54) is 30.0 Å². The van der Waals surface area contributed by atoms with Crippen LogP contribution < -0.4 is 5.32 Å². The molecule has 2 aromatic rings. The second-order valence-electron chi connectivity index (χ2n) is 3.91. The SMILES string of the molecule is CC(=O)c1ccc(C(=O)NCCSc2nnnn2C)s1. The highest BCUT2D eigenvalue weighted by Crippen LogP contribution is 2.17. The van der Waals surface area contributed by atoms with Gasteiger partial charge in [0.05, 0.1) is 9.75 Å². The van der Waals surface area contributed by atoms with Crippen LogP contribution in [0.4, 0.5) is 0 Å². The molecular formula is C11H13N5O2S2. The van der Waals surface area contributed by atoms with E-state index in [0.717, 1.165) is 0 Å². The molecule has 0 aliphatic rings. The zero-order valence-electron chi connectivity index (χ0n) is 11.0. The van der Waals surface area contributed by atoms with Crippen LogP contribution in [-0.2, 0) is 7.05 Å². The molecule has 2 aromatic heterocycles. The van der Waals surface area contributed by atoms with E-state index >= 15 is 0 Å². The van der Waals surface area contributed by atoms with Crippen LogP contribution in [0.5, 0.6) is 0 Å². The van der Waals surface area contributed by atoms with Gasteiger partial charge in [-0.05, 0) is 29.5 Å². The molecule has 20 heavy (non-hydrogen) atoms. The minimum atomic E-state index is -0.167. The third-order valence-corrected chi connectivity index (χ3v) is 4.57. The number of thioether (sulfide) groups is 1. The number of tetrazole rings is 1. The first-order chi connectivity index (χ1) is 9.58. The Morgan fingerprint density at radius 3 is 2.75 bits per heavy atom. The van der Waals surface area contributed by atoms with Crippen molar-refractivity contribution in [1.29, 1.82) is 0 Å². The van der Waals surface area contributed by atoms with Crippen LogP contribution >= 0.6 is 23.1 Å². The summed E-state index contributed by atoms with van der Waals surface area (Å²) >= 11 is 2.66. The lowest BCUT2D eigenvalue weighted by Gasteiger charge is -2.02. The number of nitrogens with zero attached hydrogens (tertiary/aromatic N) is 4. The van der Waals surface area contributed by atoms with Gasteiger partial charge in [0.15, 0.2) is 5.78 Å². The van der Waals surface area contributed by atoms with Crippen molar-refractivity contribution in [2.45, 2.75) is 12.1 Å². The summed E-state index contributed by atoms with van der Waals surface area (Å²) in [6.45, 7) is 1.99. The van der Waals surface area contributed by atoms with Crippen molar-refractivity contribution in [1.82, 2.24) is 25.5 Å². The number of carbonyl (C=O) groups is 2. The number of carbonyl (C=O) groups excluding carboxylic acids is 2. The molecule has 0 aliphatic heterocycles. The van der Waals surface area contributed by atoms with Crippen LogP contribution in [0, 0.1) is 0 Å². The highest BCUT2D eigenvalue weighted by Gasteiger charge is 2.11. The molecule has 0 spiro atoms. The van der Waals surface area contributed by atoms with Crippen LogP contribution in [0.3, 0.4) is 0 Å². The van der Waals surface area contributed by atoms with Gasteiger partial charge in [-0.15, -0.1) is 16.4 Å². The van der Waals surface area contributed by atoms with Crippen molar-refractivity contribution in [3.05, 3.63) is 21.9 Å². The van der Waals surface area contributed by atoms with Crippen molar-refractivity contribution >= 4 is 34.8 Å².